The number of ether oxygens (including phenoxy) is 1. The summed E-state index contributed by atoms with van der Waals surface area (Å²) in [6.07, 6.45) is 1.84. The summed E-state index contributed by atoms with van der Waals surface area (Å²) in [5.74, 6) is -0.335. The molecule has 2 aromatic heterocycles. The highest BCUT2D eigenvalue weighted by Gasteiger charge is 2.52. The number of carbonyl (C=O) groups excluding carboxylic acids is 1. The molecule has 0 saturated carbocycles. The fraction of sp³-hybridized carbons (Fsp3) is 0.471. The van der Waals surface area contributed by atoms with Gasteiger partial charge < -0.3 is 18.4 Å². The van der Waals surface area contributed by atoms with Gasteiger partial charge in [0, 0.05) is 17.2 Å². The van der Waals surface area contributed by atoms with Crippen molar-refractivity contribution in [3.05, 3.63) is 36.2 Å². The van der Waals surface area contributed by atoms with Crippen molar-refractivity contribution >= 4 is 24.1 Å². The van der Waals surface area contributed by atoms with Gasteiger partial charge >= 0.3 is 13.1 Å². The lowest BCUT2D eigenvalue weighted by Gasteiger charge is -2.32. The zero-order valence-corrected chi connectivity index (χ0v) is 14.3. The molecule has 0 atom stereocenters. The molecule has 3 heterocycles. The summed E-state index contributed by atoms with van der Waals surface area (Å²) in [5, 5.41) is 0. The first kappa shape index (κ1) is 16.1. The molecule has 23 heavy (non-hydrogen) atoms. The van der Waals surface area contributed by atoms with Crippen molar-refractivity contribution in [2.45, 2.75) is 45.8 Å². The zero-order valence-electron chi connectivity index (χ0n) is 14.3. The Hall–Kier alpha value is -1.79. The smallest absolute Gasteiger partial charge is 0.461 e. The molecule has 1 aliphatic rings. The summed E-state index contributed by atoms with van der Waals surface area (Å²) in [6.45, 7) is 10.2. The molecule has 1 fully saturated rings. The summed E-state index contributed by atoms with van der Waals surface area (Å²) in [5.41, 5.74) is 1.48. The largest absolute Gasteiger partial charge is 0.496 e. The second kappa shape index (κ2) is 5.39. The van der Waals surface area contributed by atoms with Gasteiger partial charge in [0.2, 0.25) is 0 Å². The van der Waals surface area contributed by atoms with Crippen molar-refractivity contribution in [1.82, 2.24) is 4.40 Å². The van der Waals surface area contributed by atoms with Crippen molar-refractivity contribution in [3.63, 3.8) is 0 Å². The van der Waals surface area contributed by atoms with Crippen LogP contribution in [-0.2, 0) is 14.0 Å². The summed E-state index contributed by atoms with van der Waals surface area (Å²) in [4.78, 5) is 12.1. The highest BCUT2D eigenvalue weighted by molar-refractivity contribution is 6.64. The molecule has 3 rings (SSSR count). The molecule has 0 aliphatic carbocycles. The molecule has 5 nitrogen and oxygen atoms in total. The predicted octanol–water partition coefficient (Wildman–Crippen LogP) is 2.42. The van der Waals surface area contributed by atoms with Gasteiger partial charge in [-0.3, -0.25) is 0 Å². The Labute approximate surface area is 136 Å². The van der Waals surface area contributed by atoms with E-state index in [1.54, 1.807) is 13.0 Å². The number of aromatic nitrogens is 1. The maximum atomic E-state index is 12.1. The normalized spacial score (nSPS) is 19.3. The number of carbonyl (C=O) groups is 1. The van der Waals surface area contributed by atoms with Gasteiger partial charge in [-0.05, 0) is 52.8 Å². The van der Waals surface area contributed by atoms with Crippen LogP contribution in [0.5, 0.6) is 0 Å². The first-order chi connectivity index (χ1) is 10.8. The number of pyridine rings is 1. The fourth-order valence-corrected chi connectivity index (χ4v) is 2.70. The van der Waals surface area contributed by atoms with Crippen molar-refractivity contribution in [3.8, 4) is 0 Å². The van der Waals surface area contributed by atoms with E-state index in [1.807, 2.05) is 56.5 Å². The van der Waals surface area contributed by atoms with Crippen LogP contribution in [0.4, 0.5) is 0 Å². The second-order valence-electron chi connectivity index (χ2n) is 6.75. The minimum Gasteiger partial charge on any atom is -0.461 e. The van der Waals surface area contributed by atoms with E-state index in [0.29, 0.717) is 12.3 Å². The van der Waals surface area contributed by atoms with Crippen LogP contribution in [0.15, 0.2) is 30.5 Å². The standard InChI is InChI=1S/C17H22BNO4/c1-6-21-15(20)14-10-9-13-12(8-7-11-19(13)14)18-22-16(2,3)17(4,5)23-18/h7-11H,6H2,1-5H3. The third-order valence-corrected chi connectivity index (χ3v) is 4.72. The number of rotatable bonds is 3. The van der Waals surface area contributed by atoms with Crippen LogP contribution in [0.2, 0.25) is 0 Å². The molecule has 0 amide bonds. The molecule has 0 spiro atoms. The Morgan fingerprint density at radius 2 is 1.83 bits per heavy atom. The Morgan fingerprint density at radius 1 is 1.17 bits per heavy atom. The van der Waals surface area contributed by atoms with Gasteiger partial charge in [0.1, 0.15) is 5.69 Å². The molecule has 1 saturated heterocycles. The van der Waals surface area contributed by atoms with Crippen LogP contribution < -0.4 is 5.46 Å². The van der Waals surface area contributed by atoms with Crippen LogP contribution in [0.25, 0.3) is 5.52 Å². The van der Waals surface area contributed by atoms with Gasteiger partial charge in [0.25, 0.3) is 0 Å². The van der Waals surface area contributed by atoms with E-state index in [2.05, 4.69) is 0 Å². The second-order valence-corrected chi connectivity index (χ2v) is 6.75. The van der Waals surface area contributed by atoms with E-state index in [-0.39, 0.29) is 5.97 Å². The van der Waals surface area contributed by atoms with Gasteiger partial charge in [-0.2, -0.15) is 0 Å². The molecule has 0 unspecified atom stereocenters. The van der Waals surface area contributed by atoms with E-state index >= 15 is 0 Å². The lowest BCUT2D eigenvalue weighted by Crippen LogP contribution is -2.41. The van der Waals surface area contributed by atoms with Crippen molar-refractivity contribution in [2.75, 3.05) is 6.61 Å². The topological polar surface area (TPSA) is 49.2 Å². The molecule has 6 heteroatoms. The monoisotopic (exact) mass is 315 g/mol. The molecular weight excluding hydrogens is 293 g/mol. The quantitative estimate of drug-likeness (QED) is 0.645. The minimum atomic E-state index is -0.464. The molecule has 2 aromatic rings. The molecule has 0 N–H and O–H groups in total. The minimum absolute atomic E-state index is 0.335. The maximum absolute atomic E-state index is 12.1. The van der Waals surface area contributed by atoms with Gasteiger partial charge in [-0.15, -0.1) is 0 Å². The van der Waals surface area contributed by atoms with Crippen LogP contribution in [-0.4, -0.2) is 35.3 Å². The van der Waals surface area contributed by atoms with Gasteiger partial charge in [0.15, 0.2) is 0 Å². The summed E-state index contributed by atoms with van der Waals surface area (Å²) in [7, 11) is -0.464. The Morgan fingerprint density at radius 3 is 2.43 bits per heavy atom. The van der Waals surface area contributed by atoms with Gasteiger partial charge in [0.05, 0.1) is 17.8 Å². The number of nitrogens with zero attached hydrogens (tertiary/aromatic N) is 1. The van der Waals surface area contributed by atoms with Gasteiger partial charge in [-0.25, -0.2) is 4.79 Å². The third kappa shape index (κ3) is 2.56. The molecule has 0 bridgehead atoms. The average molecular weight is 315 g/mol. The summed E-state index contributed by atoms with van der Waals surface area (Å²) in [6, 6.07) is 7.51. The van der Waals surface area contributed by atoms with E-state index in [9.17, 15) is 4.79 Å². The Kier molecular flexibility index (Phi) is 3.77. The third-order valence-electron chi connectivity index (χ3n) is 4.72. The highest BCUT2D eigenvalue weighted by atomic mass is 16.7. The van der Waals surface area contributed by atoms with Crippen molar-refractivity contribution in [2.24, 2.45) is 0 Å². The van der Waals surface area contributed by atoms with Crippen LogP contribution in [0, 0.1) is 0 Å². The molecule has 122 valence electrons. The Balaban J connectivity index is 2.02. The first-order valence-electron chi connectivity index (χ1n) is 7.89. The lowest BCUT2D eigenvalue weighted by molar-refractivity contribution is 0.00578. The van der Waals surface area contributed by atoms with Crippen molar-refractivity contribution < 1.29 is 18.8 Å². The predicted molar refractivity (Wildman–Crippen MR) is 89.1 cm³/mol. The number of fused-ring (bicyclic) bond motifs is 1. The molecular formula is C17H22BNO4. The molecule has 1 aliphatic heterocycles. The molecule has 0 aromatic carbocycles. The highest BCUT2D eigenvalue weighted by Crippen LogP contribution is 2.36. The van der Waals surface area contributed by atoms with E-state index in [1.165, 1.54) is 0 Å². The van der Waals surface area contributed by atoms with E-state index in [4.69, 9.17) is 14.0 Å². The zero-order chi connectivity index (χ0) is 16.8. The summed E-state index contributed by atoms with van der Waals surface area (Å²) >= 11 is 0. The molecule has 0 radical (unpaired) electrons. The fourth-order valence-electron chi connectivity index (χ4n) is 2.70. The SMILES string of the molecule is CCOC(=O)c1ccc2c(B3OC(C)(C)C(C)(C)O3)cccn12. The number of hydrogen-bond donors (Lipinski definition) is 0. The van der Waals surface area contributed by atoms with Crippen LogP contribution in [0.1, 0.15) is 45.1 Å². The Bertz CT molecular complexity index is 734. The van der Waals surface area contributed by atoms with Crippen molar-refractivity contribution in [1.29, 1.82) is 0 Å². The van der Waals surface area contributed by atoms with E-state index in [0.717, 1.165) is 11.0 Å². The van der Waals surface area contributed by atoms with Crippen LogP contribution in [0.3, 0.4) is 0 Å². The summed E-state index contributed by atoms with van der Waals surface area (Å²) < 4.78 is 19.2. The lowest BCUT2D eigenvalue weighted by atomic mass is 9.79. The van der Waals surface area contributed by atoms with E-state index < -0.39 is 18.3 Å². The average Bonchev–Trinajstić information content (AvgIpc) is 2.98. The number of hydrogen-bond acceptors (Lipinski definition) is 4. The maximum Gasteiger partial charge on any atom is 0.496 e. The first-order valence-corrected chi connectivity index (χ1v) is 7.89. The van der Waals surface area contributed by atoms with Crippen LogP contribution >= 0.6 is 0 Å². The van der Waals surface area contributed by atoms with Gasteiger partial charge in [-0.1, -0.05) is 6.07 Å². The number of esters is 1.